The Morgan fingerprint density at radius 3 is 2.67 bits per heavy atom. The number of nitrogens with one attached hydrogen (secondary N) is 1. The van der Waals surface area contributed by atoms with Crippen molar-refractivity contribution in [3.8, 4) is 0 Å². The zero-order valence-corrected chi connectivity index (χ0v) is 8.95. The molecule has 15 heavy (non-hydrogen) atoms. The molecule has 1 aliphatic heterocycles. The number of hydrogen-bond donors (Lipinski definition) is 2. The highest BCUT2D eigenvalue weighted by molar-refractivity contribution is 5.74. The third kappa shape index (κ3) is 2.82. The summed E-state index contributed by atoms with van der Waals surface area (Å²) in [7, 11) is 0. The van der Waals surface area contributed by atoms with Gasteiger partial charge in [-0.3, -0.25) is 0 Å². The summed E-state index contributed by atoms with van der Waals surface area (Å²) in [5.74, 6) is 0.588. The molecule has 0 aromatic heterocycles. The molecule has 0 spiro atoms. The normalized spacial score (nSPS) is 30.9. The minimum Gasteiger partial charge on any atom is -0.378 e. The maximum Gasteiger partial charge on any atom is 0.317 e. The first-order valence-electron chi connectivity index (χ1n) is 5.62. The van der Waals surface area contributed by atoms with Crippen molar-refractivity contribution in [3.05, 3.63) is 0 Å². The molecule has 1 saturated carbocycles. The van der Waals surface area contributed by atoms with Gasteiger partial charge in [0.15, 0.2) is 0 Å². The lowest BCUT2D eigenvalue weighted by Crippen LogP contribution is -2.49. The Balaban J connectivity index is 1.63. The van der Waals surface area contributed by atoms with E-state index in [-0.39, 0.29) is 6.03 Å². The molecule has 0 aromatic rings. The maximum atomic E-state index is 11.7. The summed E-state index contributed by atoms with van der Waals surface area (Å²) in [5.41, 5.74) is 5.68. The second kappa shape index (κ2) is 4.81. The van der Waals surface area contributed by atoms with Crippen LogP contribution in [-0.2, 0) is 4.74 Å². The number of ether oxygens (including phenoxy) is 1. The molecule has 0 radical (unpaired) electrons. The first-order chi connectivity index (χ1) is 7.25. The minimum atomic E-state index is 0.0405. The van der Waals surface area contributed by atoms with Gasteiger partial charge >= 0.3 is 6.03 Å². The van der Waals surface area contributed by atoms with Gasteiger partial charge in [0.25, 0.3) is 0 Å². The zero-order valence-electron chi connectivity index (χ0n) is 8.95. The first kappa shape index (κ1) is 10.7. The van der Waals surface area contributed by atoms with E-state index in [1.54, 1.807) is 0 Å². The molecule has 2 rings (SSSR count). The van der Waals surface area contributed by atoms with E-state index in [0.29, 0.717) is 38.3 Å². The van der Waals surface area contributed by atoms with Gasteiger partial charge in [0.05, 0.1) is 13.2 Å². The van der Waals surface area contributed by atoms with E-state index >= 15 is 0 Å². The molecule has 2 fully saturated rings. The number of nitrogens with zero attached hydrogens (tertiary/aromatic N) is 1. The second-order valence-corrected chi connectivity index (χ2v) is 4.38. The fraction of sp³-hybridized carbons (Fsp3) is 0.900. The Labute approximate surface area is 89.9 Å². The highest BCUT2D eigenvalue weighted by atomic mass is 16.5. The predicted molar refractivity (Wildman–Crippen MR) is 56.5 cm³/mol. The van der Waals surface area contributed by atoms with Gasteiger partial charge in [-0.1, -0.05) is 0 Å². The van der Waals surface area contributed by atoms with Crippen molar-refractivity contribution < 1.29 is 9.53 Å². The molecule has 1 saturated heterocycles. The van der Waals surface area contributed by atoms with Gasteiger partial charge in [-0.25, -0.2) is 4.79 Å². The highest BCUT2D eigenvalue weighted by Crippen LogP contribution is 2.24. The molecule has 5 heteroatoms. The molecule has 0 bridgehead atoms. The smallest absolute Gasteiger partial charge is 0.317 e. The summed E-state index contributed by atoms with van der Waals surface area (Å²) in [4.78, 5) is 13.5. The van der Waals surface area contributed by atoms with Crippen LogP contribution in [0.15, 0.2) is 0 Å². The minimum absolute atomic E-state index is 0.0405. The van der Waals surface area contributed by atoms with E-state index in [0.717, 1.165) is 19.4 Å². The Morgan fingerprint density at radius 2 is 2.07 bits per heavy atom. The van der Waals surface area contributed by atoms with Gasteiger partial charge in [0, 0.05) is 25.7 Å². The predicted octanol–water partition coefficient (Wildman–Crippen LogP) is -0.234. The Hall–Kier alpha value is -0.810. The molecule has 0 aromatic carbocycles. The summed E-state index contributed by atoms with van der Waals surface area (Å²) in [5, 5.41) is 2.95. The second-order valence-electron chi connectivity index (χ2n) is 4.38. The van der Waals surface area contributed by atoms with Crippen molar-refractivity contribution in [2.75, 3.05) is 32.8 Å². The molecule has 3 N–H and O–H groups in total. The molecule has 2 aliphatic rings. The van der Waals surface area contributed by atoms with Crippen LogP contribution in [0.5, 0.6) is 0 Å². The van der Waals surface area contributed by atoms with Gasteiger partial charge in [0.2, 0.25) is 0 Å². The van der Waals surface area contributed by atoms with Crippen molar-refractivity contribution in [2.24, 2.45) is 11.7 Å². The average molecular weight is 213 g/mol. The van der Waals surface area contributed by atoms with Gasteiger partial charge in [-0.2, -0.15) is 0 Å². The third-order valence-electron chi connectivity index (χ3n) is 3.11. The van der Waals surface area contributed by atoms with E-state index in [9.17, 15) is 4.79 Å². The van der Waals surface area contributed by atoms with Crippen molar-refractivity contribution in [2.45, 2.75) is 18.9 Å². The van der Waals surface area contributed by atoms with E-state index in [2.05, 4.69) is 5.32 Å². The Bertz CT molecular complexity index is 223. The molecule has 5 nitrogen and oxygen atoms in total. The van der Waals surface area contributed by atoms with Crippen LogP contribution < -0.4 is 11.1 Å². The molecular weight excluding hydrogens is 194 g/mol. The standard InChI is InChI=1S/C10H19N3O2/c11-9-5-8(6-9)7-12-10(14)13-1-3-15-4-2-13/h8-9H,1-7,11H2,(H,12,14). The summed E-state index contributed by atoms with van der Waals surface area (Å²) in [6.45, 7) is 3.49. The van der Waals surface area contributed by atoms with E-state index < -0.39 is 0 Å². The third-order valence-corrected chi connectivity index (χ3v) is 3.11. The van der Waals surface area contributed by atoms with Gasteiger partial charge in [-0.05, 0) is 18.8 Å². The number of amides is 2. The first-order valence-corrected chi connectivity index (χ1v) is 5.62. The van der Waals surface area contributed by atoms with E-state index in [1.807, 2.05) is 4.90 Å². The maximum absolute atomic E-state index is 11.7. The largest absolute Gasteiger partial charge is 0.378 e. The van der Waals surface area contributed by atoms with E-state index in [4.69, 9.17) is 10.5 Å². The number of rotatable bonds is 2. The van der Waals surface area contributed by atoms with Crippen LogP contribution in [0.4, 0.5) is 4.79 Å². The van der Waals surface area contributed by atoms with Crippen molar-refractivity contribution >= 4 is 6.03 Å². The Morgan fingerprint density at radius 1 is 1.40 bits per heavy atom. The average Bonchev–Trinajstić information content (AvgIpc) is 2.23. The summed E-state index contributed by atoms with van der Waals surface area (Å²) in [6.07, 6.45) is 2.09. The molecule has 86 valence electrons. The number of nitrogens with two attached hydrogens (primary N) is 1. The van der Waals surface area contributed by atoms with Crippen molar-refractivity contribution in [1.29, 1.82) is 0 Å². The fourth-order valence-electron chi connectivity index (χ4n) is 2.06. The molecule has 2 amide bonds. The van der Waals surface area contributed by atoms with Crippen LogP contribution in [0, 0.1) is 5.92 Å². The van der Waals surface area contributed by atoms with Crippen molar-refractivity contribution in [3.63, 3.8) is 0 Å². The molecule has 1 heterocycles. The fourth-order valence-corrected chi connectivity index (χ4v) is 2.06. The van der Waals surface area contributed by atoms with Gasteiger partial charge < -0.3 is 20.7 Å². The monoisotopic (exact) mass is 213 g/mol. The molecule has 1 aliphatic carbocycles. The Kier molecular flexibility index (Phi) is 3.43. The lowest BCUT2D eigenvalue weighted by Gasteiger charge is -2.33. The number of carbonyl (C=O) groups is 1. The number of hydrogen-bond acceptors (Lipinski definition) is 3. The summed E-state index contributed by atoms with van der Waals surface area (Å²) < 4.78 is 5.18. The molecular formula is C10H19N3O2. The zero-order chi connectivity index (χ0) is 10.7. The number of morpholine rings is 1. The molecule has 0 unspecified atom stereocenters. The quantitative estimate of drug-likeness (QED) is 0.665. The van der Waals surface area contributed by atoms with Crippen LogP contribution >= 0.6 is 0 Å². The van der Waals surface area contributed by atoms with Crippen molar-refractivity contribution in [1.82, 2.24) is 10.2 Å². The topological polar surface area (TPSA) is 67.6 Å². The summed E-state index contributed by atoms with van der Waals surface area (Å²) in [6, 6.07) is 0.397. The van der Waals surface area contributed by atoms with Crippen LogP contribution in [0.2, 0.25) is 0 Å². The van der Waals surface area contributed by atoms with Gasteiger partial charge in [0.1, 0.15) is 0 Å². The summed E-state index contributed by atoms with van der Waals surface area (Å²) >= 11 is 0. The highest BCUT2D eigenvalue weighted by Gasteiger charge is 2.26. The number of urea groups is 1. The van der Waals surface area contributed by atoms with Crippen LogP contribution in [0.25, 0.3) is 0 Å². The van der Waals surface area contributed by atoms with Gasteiger partial charge in [-0.15, -0.1) is 0 Å². The lowest BCUT2D eigenvalue weighted by molar-refractivity contribution is 0.0526. The van der Waals surface area contributed by atoms with Crippen LogP contribution in [-0.4, -0.2) is 49.8 Å². The SMILES string of the molecule is NC1CC(CNC(=O)N2CCOCC2)C1. The van der Waals surface area contributed by atoms with E-state index in [1.165, 1.54) is 0 Å². The number of carbonyl (C=O) groups excluding carboxylic acids is 1. The molecule has 0 atom stereocenters. The lowest BCUT2D eigenvalue weighted by atomic mass is 9.81. The van der Waals surface area contributed by atoms with Crippen LogP contribution in [0.1, 0.15) is 12.8 Å². The van der Waals surface area contributed by atoms with Crippen LogP contribution in [0.3, 0.4) is 0 Å².